The molecule has 26 heavy (non-hydrogen) atoms. The maximum absolute atomic E-state index is 12.0. The third-order valence-electron chi connectivity index (χ3n) is 3.91. The monoisotopic (exact) mass is 358 g/mol. The Morgan fingerprint density at radius 1 is 1.12 bits per heavy atom. The van der Waals surface area contributed by atoms with E-state index in [9.17, 15) is 14.4 Å². The van der Waals surface area contributed by atoms with Crippen molar-refractivity contribution in [2.24, 2.45) is 11.5 Å². The summed E-state index contributed by atoms with van der Waals surface area (Å²) in [6.45, 7) is 0.575. The number of anilines is 1. The number of pyridine rings is 1. The molecule has 2 rings (SSSR count). The van der Waals surface area contributed by atoms with E-state index in [1.54, 1.807) is 24.3 Å². The lowest BCUT2D eigenvalue weighted by Crippen LogP contribution is -2.35. The zero-order chi connectivity index (χ0) is 19.1. The van der Waals surface area contributed by atoms with Gasteiger partial charge >= 0.3 is 5.97 Å². The van der Waals surface area contributed by atoms with E-state index >= 15 is 0 Å². The SMILES string of the molecule is NCCCC[C@H](N)C(=O)Nc1ccc(-c2ccc(C(=O)O)c(=O)[nH]2)cc1. The van der Waals surface area contributed by atoms with Crippen molar-refractivity contribution in [1.29, 1.82) is 0 Å². The molecule has 0 unspecified atom stereocenters. The highest BCUT2D eigenvalue weighted by molar-refractivity contribution is 5.94. The van der Waals surface area contributed by atoms with Crippen molar-refractivity contribution < 1.29 is 14.7 Å². The van der Waals surface area contributed by atoms with E-state index in [2.05, 4.69) is 10.3 Å². The number of carboxylic acid groups (broad SMARTS) is 1. The molecule has 0 aliphatic rings. The van der Waals surface area contributed by atoms with Gasteiger partial charge in [-0.05, 0) is 49.2 Å². The highest BCUT2D eigenvalue weighted by Gasteiger charge is 2.13. The van der Waals surface area contributed by atoms with Crippen LogP contribution in [0.1, 0.15) is 29.6 Å². The maximum Gasteiger partial charge on any atom is 0.341 e. The highest BCUT2D eigenvalue weighted by atomic mass is 16.4. The second-order valence-corrected chi connectivity index (χ2v) is 5.88. The maximum atomic E-state index is 12.0. The van der Waals surface area contributed by atoms with Gasteiger partial charge in [-0.3, -0.25) is 9.59 Å². The fraction of sp³-hybridized carbons (Fsp3) is 0.278. The Bertz CT molecular complexity index is 830. The van der Waals surface area contributed by atoms with Crippen LogP contribution in [0.15, 0.2) is 41.2 Å². The number of aromatic amines is 1. The summed E-state index contributed by atoms with van der Waals surface area (Å²) in [5.74, 6) is -1.55. The number of carbonyl (C=O) groups excluding carboxylic acids is 1. The van der Waals surface area contributed by atoms with E-state index in [1.807, 2.05) is 0 Å². The number of carboxylic acids is 1. The summed E-state index contributed by atoms with van der Waals surface area (Å²) < 4.78 is 0. The van der Waals surface area contributed by atoms with Crippen LogP contribution in [0.4, 0.5) is 5.69 Å². The van der Waals surface area contributed by atoms with Crippen LogP contribution in [0, 0.1) is 0 Å². The van der Waals surface area contributed by atoms with Crippen LogP contribution in [-0.2, 0) is 4.79 Å². The van der Waals surface area contributed by atoms with Crippen LogP contribution >= 0.6 is 0 Å². The minimum absolute atomic E-state index is 0.269. The highest BCUT2D eigenvalue weighted by Crippen LogP contribution is 2.19. The third kappa shape index (κ3) is 5.01. The standard InChI is InChI=1S/C18H22N4O4/c19-10-2-1-3-14(20)17(24)21-12-6-4-11(5-7-12)15-9-8-13(18(25)26)16(23)22-15/h4-9,14H,1-3,10,19-20H2,(H,21,24)(H,22,23)(H,25,26)/t14-/m0/s1. The van der Waals surface area contributed by atoms with Gasteiger partial charge in [-0.1, -0.05) is 18.6 Å². The third-order valence-corrected chi connectivity index (χ3v) is 3.91. The second kappa shape index (κ2) is 8.93. The fourth-order valence-corrected chi connectivity index (χ4v) is 2.42. The molecule has 0 fully saturated rings. The van der Waals surface area contributed by atoms with Gasteiger partial charge in [0, 0.05) is 11.4 Å². The Kier molecular flexibility index (Phi) is 6.65. The average Bonchev–Trinajstić information content (AvgIpc) is 2.62. The Hall–Kier alpha value is -2.97. The van der Waals surface area contributed by atoms with Crippen molar-refractivity contribution in [3.63, 3.8) is 0 Å². The molecule has 0 saturated carbocycles. The number of nitrogens with one attached hydrogen (secondary N) is 2. The van der Waals surface area contributed by atoms with Crippen LogP contribution in [0.2, 0.25) is 0 Å². The molecule has 0 radical (unpaired) electrons. The number of amides is 1. The summed E-state index contributed by atoms with van der Waals surface area (Å²) in [6, 6.07) is 8.97. The molecule has 1 atom stereocenters. The molecule has 0 saturated heterocycles. The zero-order valence-corrected chi connectivity index (χ0v) is 14.2. The Balaban J connectivity index is 2.04. The molecule has 0 aliphatic carbocycles. The molecular formula is C18H22N4O4. The number of aromatic nitrogens is 1. The topological polar surface area (TPSA) is 151 Å². The number of benzene rings is 1. The van der Waals surface area contributed by atoms with Gasteiger partial charge in [-0.15, -0.1) is 0 Å². The van der Waals surface area contributed by atoms with E-state index in [0.717, 1.165) is 12.8 Å². The molecule has 0 aliphatic heterocycles. The van der Waals surface area contributed by atoms with Gasteiger partial charge in [0.15, 0.2) is 0 Å². The van der Waals surface area contributed by atoms with Gasteiger partial charge in [0.25, 0.3) is 5.56 Å². The van der Waals surface area contributed by atoms with E-state index in [4.69, 9.17) is 16.6 Å². The molecular weight excluding hydrogens is 336 g/mol. The van der Waals surface area contributed by atoms with Crippen molar-refractivity contribution in [3.8, 4) is 11.3 Å². The number of rotatable bonds is 8. The lowest BCUT2D eigenvalue weighted by Gasteiger charge is -2.12. The average molecular weight is 358 g/mol. The fourth-order valence-electron chi connectivity index (χ4n) is 2.42. The van der Waals surface area contributed by atoms with E-state index < -0.39 is 17.6 Å². The molecule has 1 aromatic heterocycles. The van der Waals surface area contributed by atoms with Gasteiger partial charge < -0.3 is 26.9 Å². The summed E-state index contributed by atoms with van der Waals surface area (Å²) >= 11 is 0. The summed E-state index contributed by atoms with van der Waals surface area (Å²) in [5.41, 5.74) is 12.0. The largest absolute Gasteiger partial charge is 0.477 e. The number of nitrogens with two attached hydrogens (primary N) is 2. The number of hydrogen-bond donors (Lipinski definition) is 5. The number of hydrogen-bond acceptors (Lipinski definition) is 5. The number of aromatic carboxylic acids is 1. The summed E-state index contributed by atoms with van der Waals surface area (Å²) in [7, 11) is 0. The quantitative estimate of drug-likeness (QED) is 0.446. The van der Waals surface area contributed by atoms with E-state index in [0.29, 0.717) is 29.9 Å². The van der Waals surface area contributed by atoms with Crippen LogP contribution in [0.3, 0.4) is 0 Å². The van der Waals surface area contributed by atoms with Gasteiger partial charge in [0.1, 0.15) is 5.56 Å². The van der Waals surface area contributed by atoms with Gasteiger partial charge in [-0.25, -0.2) is 4.79 Å². The molecule has 0 spiro atoms. The first-order chi connectivity index (χ1) is 12.4. The van der Waals surface area contributed by atoms with E-state index in [-0.39, 0.29) is 11.5 Å². The van der Waals surface area contributed by atoms with Crippen LogP contribution in [0.5, 0.6) is 0 Å². The second-order valence-electron chi connectivity index (χ2n) is 5.88. The summed E-state index contributed by atoms with van der Waals surface area (Å²) in [5, 5.41) is 11.6. The van der Waals surface area contributed by atoms with Gasteiger partial charge in [-0.2, -0.15) is 0 Å². The predicted octanol–water partition coefficient (Wildman–Crippen LogP) is 1.13. The first-order valence-electron chi connectivity index (χ1n) is 8.26. The molecule has 138 valence electrons. The Morgan fingerprint density at radius 2 is 1.81 bits per heavy atom. The molecule has 1 aromatic carbocycles. The minimum atomic E-state index is -1.28. The van der Waals surface area contributed by atoms with Crippen LogP contribution in [0.25, 0.3) is 11.3 Å². The minimum Gasteiger partial charge on any atom is -0.477 e. The summed E-state index contributed by atoms with van der Waals surface area (Å²) in [4.78, 5) is 37.2. The van der Waals surface area contributed by atoms with Gasteiger partial charge in [0.05, 0.1) is 6.04 Å². The summed E-state index contributed by atoms with van der Waals surface area (Å²) in [6.07, 6.45) is 2.19. The Labute approximate surface area is 150 Å². The molecule has 7 N–H and O–H groups in total. The van der Waals surface area contributed by atoms with Crippen LogP contribution < -0.4 is 22.3 Å². The lowest BCUT2D eigenvalue weighted by atomic mass is 10.1. The molecule has 2 aromatic rings. The predicted molar refractivity (Wildman–Crippen MR) is 99.0 cm³/mol. The molecule has 8 nitrogen and oxygen atoms in total. The van der Waals surface area contributed by atoms with E-state index in [1.165, 1.54) is 12.1 Å². The van der Waals surface area contributed by atoms with Crippen molar-refractivity contribution >= 4 is 17.6 Å². The first-order valence-corrected chi connectivity index (χ1v) is 8.26. The normalized spacial score (nSPS) is 11.8. The Morgan fingerprint density at radius 3 is 2.38 bits per heavy atom. The smallest absolute Gasteiger partial charge is 0.341 e. The van der Waals surface area contributed by atoms with Crippen molar-refractivity contribution in [2.75, 3.05) is 11.9 Å². The van der Waals surface area contributed by atoms with Gasteiger partial charge in [0.2, 0.25) is 5.91 Å². The lowest BCUT2D eigenvalue weighted by molar-refractivity contribution is -0.117. The zero-order valence-electron chi connectivity index (χ0n) is 14.2. The number of carbonyl (C=O) groups is 2. The van der Waals surface area contributed by atoms with Crippen molar-refractivity contribution in [2.45, 2.75) is 25.3 Å². The number of H-pyrrole nitrogens is 1. The molecule has 0 bridgehead atoms. The number of unbranched alkanes of at least 4 members (excludes halogenated alkanes) is 1. The van der Waals surface area contributed by atoms with Crippen molar-refractivity contribution in [3.05, 3.63) is 52.3 Å². The van der Waals surface area contributed by atoms with Crippen molar-refractivity contribution in [1.82, 2.24) is 4.98 Å². The van der Waals surface area contributed by atoms with Crippen LogP contribution in [-0.4, -0.2) is 34.6 Å². The molecule has 1 heterocycles. The molecule has 1 amide bonds. The first kappa shape index (κ1) is 19.4. The molecule has 8 heteroatoms.